The van der Waals surface area contributed by atoms with Crippen molar-refractivity contribution >= 4 is 5.97 Å². The van der Waals surface area contributed by atoms with E-state index in [1.54, 1.807) is 6.92 Å². The summed E-state index contributed by atoms with van der Waals surface area (Å²) < 4.78 is 28.5. The van der Waals surface area contributed by atoms with Crippen LogP contribution in [0.15, 0.2) is 0 Å². The molecule has 0 aliphatic rings. The number of carbonyl (C=O) groups is 1. The fourth-order valence-electron chi connectivity index (χ4n) is 1.07. The van der Waals surface area contributed by atoms with Crippen molar-refractivity contribution in [3.8, 4) is 0 Å². The maximum atomic E-state index is 11.9. The molecule has 0 aromatic rings. The third-order valence-electron chi connectivity index (χ3n) is 1.67. The first-order valence-electron chi connectivity index (χ1n) is 4.79. The van der Waals surface area contributed by atoms with E-state index in [9.17, 15) is 13.6 Å². The van der Waals surface area contributed by atoms with Gasteiger partial charge in [0, 0.05) is 0 Å². The summed E-state index contributed by atoms with van der Waals surface area (Å²) in [5, 5.41) is 2.48. The van der Waals surface area contributed by atoms with Crippen molar-refractivity contribution in [2.24, 2.45) is 0 Å². The van der Waals surface area contributed by atoms with Gasteiger partial charge in [-0.1, -0.05) is 13.3 Å². The van der Waals surface area contributed by atoms with Gasteiger partial charge in [0.05, 0.1) is 13.2 Å². The van der Waals surface area contributed by atoms with Gasteiger partial charge < -0.3 is 4.74 Å². The van der Waals surface area contributed by atoms with Crippen molar-refractivity contribution in [2.75, 3.05) is 13.2 Å². The fraction of sp³-hybridized carbons (Fsp3) is 0.889. The maximum absolute atomic E-state index is 11.9. The normalized spacial score (nSPS) is 12.9. The van der Waals surface area contributed by atoms with Crippen LogP contribution >= 0.6 is 0 Å². The number of hydrogen-bond donors (Lipinski definition) is 1. The van der Waals surface area contributed by atoms with Crippen molar-refractivity contribution in [2.45, 2.75) is 39.2 Å². The molecule has 0 heterocycles. The SMILES string of the molecule is CCCC(NCC(F)F)C(=O)OCC. The van der Waals surface area contributed by atoms with Crippen LogP contribution in [-0.4, -0.2) is 31.6 Å². The summed E-state index contributed by atoms with van der Waals surface area (Å²) in [6.07, 6.45) is -1.17. The van der Waals surface area contributed by atoms with E-state index in [1.807, 2.05) is 6.92 Å². The summed E-state index contributed by atoms with van der Waals surface area (Å²) in [5.41, 5.74) is 0. The molecule has 0 amide bonds. The zero-order chi connectivity index (χ0) is 11.0. The molecule has 0 fully saturated rings. The Hall–Kier alpha value is -0.710. The monoisotopic (exact) mass is 209 g/mol. The summed E-state index contributed by atoms with van der Waals surface area (Å²) in [6.45, 7) is 3.38. The summed E-state index contributed by atoms with van der Waals surface area (Å²) in [6, 6.07) is -0.603. The van der Waals surface area contributed by atoms with E-state index in [0.717, 1.165) is 6.42 Å². The molecular formula is C9H17F2NO2. The van der Waals surface area contributed by atoms with Crippen molar-refractivity contribution in [3.05, 3.63) is 0 Å². The van der Waals surface area contributed by atoms with Crippen molar-refractivity contribution < 1.29 is 18.3 Å². The van der Waals surface area contributed by atoms with Crippen molar-refractivity contribution in [1.82, 2.24) is 5.32 Å². The third kappa shape index (κ3) is 5.85. The van der Waals surface area contributed by atoms with Crippen molar-refractivity contribution in [3.63, 3.8) is 0 Å². The third-order valence-corrected chi connectivity index (χ3v) is 1.67. The second-order valence-corrected chi connectivity index (χ2v) is 2.89. The van der Waals surface area contributed by atoms with Crippen LogP contribution in [0.4, 0.5) is 8.78 Å². The molecule has 5 heteroatoms. The molecule has 0 spiro atoms. The van der Waals surface area contributed by atoms with E-state index >= 15 is 0 Å². The minimum Gasteiger partial charge on any atom is -0.465 e. The molecule has 0 rings (SSSR count). The summed E-state index contributed by atoms with van der Waals surface area (Å²) in [4.78, 5) is 11.2. The molecule has 0 bridgehead atoms. The van der Waals surface area contributed by atoms with E-state index in [1.165, 1.54) is 0 Å². The Balaban J connectivity index is 3.93. The number of hydrogen-bond acceptors (Lipinski definition) is 3. The number of esters is 1. The molecule has 0 saturated carbocycles. The van der Waals surface area contributed by atoms with Crippen LogP contribution in [0, 0.1) is 0 Å². The molecule has 3 nitrogen and oxygen atoms in total. The van der Waals surface area contributed by atoms with Crippen LogP contribution in [0.3, 0.4) is 0 Å². The zero-order valence-corrected chi connectivity index (χ0v) is 8.56. The smallest absolute Gasteiger partial charge is 0.323 e. The van der Waals surface area contributed by atoms with E-state index in [2.05, 4.69) is 5.32 Å². The molecule has 0 radical (unpaired) electrons. The van der Waals surface area contributed by atoms with Gasteiger partial charge in [-0.2, -0.15) is 0 Å². The van der Waals surface area contributed by atoms with Gasteiger partial charge >= 0.3 is 5.97 Å². The Bertz CT molecular complexity index is 165. The van der Waals surface area contributed by atoms with Crippen LogP contribution < -0.4 is 5.32 Å². The number of nitrogens with one attached hydrogen (secondary N) is 1. The second-order valence-electron chi connectivity index (χ2n) is 2.89. The lowest BCUT2D eigenvalue weighted by Crippen LogP contribution is -2.40. The topological polar surface area (TPSA) is 38.3 Å². The van der Waals surface area contributed by atoms with Crippen LogP contribution in [0.25, 0.3) is 0 Å². The van der Waals surface area contributed by atoms with Crippen LogP contribution in [0.2, 0.25) is 0 Å². The Morgan fingerprint density at radius 1 is 1.43 bits per heavy atom. The van der Waals surface area contributed by atoms with E-state index < -0.39 is 25.0 Å². The molecule has 0 aliphatic carbocycles. The Morgan fingerprint density at radius 2 is 2.07 bits per heavy atom. The highest BCUT2D eigenvalue weighted by Gasteiger charge is 2.19. The summed E-state index contributed by atoms with van der Waals surface area (Å²) in [7, 11) is 0. The Morgan fingerprint density at radius 3 is 2.50 bits per heavy atom. The van der Waals surface area contributed by atoms with Gasteiger partial charge in [0.15, 0.2) is 0 Å². The van der Waals surface area contributed by atoms with Gasteiger partial charge in [-0.25, -0.2) is 8.78 Å². The average Bonchev–Trinajstić information content (AvgIpc) is 2.12. The lowest BCUT2D eigenvalue weighted by Gasteiger charge is -2.15. The second kappa shape index (κ2) is 7.67. The Kier molecular flexibility index (Phi) is 7.28. The van der Waals surface area contributed by atoms with E-state index in [4.69, 9.17) is 4.74 Å². The highest BCUT2D eigenvalue weighted by atomic mass is 19.3. The van der Waals surface area contributed by atoms with Gasteiger partial charge in [0.2, 0.25) is 0 Å². The first kappa shape index (κ1) is 13.3. The van der Waals surface area contributed by atoms with E-state index in [-0.39, 0.29) is 6.61 Å². The molecule has 14 heavy (non-hydrogen) atoms. The Labute approximate surface area is 82.8 Å². The molecular weight excluding hydrogens is 192 g/mol. The zero-order valence-electron chi connectivity index (χ0n) is 8.56. The molecule has 84 valence electrons. The standard InChI is InChI=1S/C9H17F2NO2/c1-3-5-7(9(13)14-4-2)12-6-8(10)11/h7-8,12H,3-6H2,1-2H3. The number of ether oxygens (including phenoxy) is 1. The fourth-order valence-corrected chi connectivity index (χ4v) is 1.07. The summed E-state index contributed by atoms with van der Waals surface area (Å²) in [5.74, 6) is -0.449. The molecule has 0 aromatic heterocycles. The van der Waals surface area contributed by atoms with Gasteiger partial charge in [0.1, 0.15) is 6.04 Å². The van der Waals surface area contributed by atoms with Gasteiger partial charge in [-0.3, -0.25) is 10.1 Å². The molecule has 0 aromatic carbocycles. The highest BCUT2D eigenvalue weighted by molar-refractivity contribution is 5.75. The minimum absolute atomic E-state index is 0.273. The maximum Gasteiger partial charge on any atom is 0.323 e. The molecule has 1 atom stereocenters. The van der Waals surface area contributed by atoms with Crippen LogP contribution in [0.1, 0.15) is 26.7 Å². The van der Waals surface area contributed by atoms with Gasteiger partial charge in [0.25, 0.3) is 6.43 Å². The number of carbonyl (C=O) groups excluding carboxylic acids is 1. The minimum atomic E-state index is -2.44. The van der Waals surface area contributed by atoms with Crippen molar-refractivity contribution in [1.29, 1.82) is 0 Å². The number of halogens is 2. The predicted molar refractivity (Wildman–Crippen MR) is 49.3 cm³/mol. The largest absolute Gasteiger partial charge is 0.465 e. The van der Waals surface area contributed by atoms with Gasteiger partial charge in [-0.05, 0) is 13.3 Å². The molecule has 0 saturated heterocycles. The van der Waals surface area contributed by atoms with Gasteiger partial charge in [-0.15, -0.1) is 0 Å². The first-order valence-corrected chi connectivity index (χ1v) is 4.79. The lowest BCUT2D eigenvalue weighted by atomic mass is 10.1. The first-order chi connectivity index (χ1) is 6.61. The quantitative estimate of drug-likeness (QED) is 0.647. The molecule has 1 N–H and O–H groups in total. The van der Waals surface area contributed by atoms with E-state index in [0.29, 0.717) is 6.42 Å². The van der Waals surface area contributed by atoms with Crippen LogP contribution in [-0.2, 0) is 9.53 Å². The lowest BCUT2D eigenvalue weighted by molar-refractivity contribution is -0.146. The number of rotatable bonds is 7. The summed E-state index contributed by atoms with van der Waals surface area (Å²) >= 11 is 0. The average molecular weight is 209 g/mol. The molecule has 0 aliphatic heterocycles. The highest BCUT2D eigenvalue weighted by Crippen LogP contribution is 2.01. The molecule has 1 unspecified atom stereocenters. The van der Waals surface area contributed by atoms with Crippen LogP contribution in [0.5, 0.6) is 0 Å². The predicted octanol–water partition coefficient (Wildman–Crippen LogP) is 1.57. The number of alkyl halides is 2.